The molecule has 0 bridgehead atoms. The smallest absolute Gasteiger partial charge is 0.276 e. The number of β-amino-alcohol motifs (C(OH)–C–C–N with tert-alkyl or cyclic N) is 1. The van der Waals surface area contributed by atoms with Crippen molar-refractivity contribution in [3.05, 3.63) is 87.4 Å². The standard InChI is InChI=1S/C34H36Cl2FN5O4/c1-46-31-16-20(15-26(37)25(31)18-38-11-14-43)22-5-2-6-23(32(22)35)24-7-3-8-27(33(24)36)39-34(45)28-17-30-29(9-4-12-42(30)40-28)41-13-10-21(44)19-41/h2-3,5-8,15-17,21,29,38,43-44H,4,9-14,18-19H2,1H3,(H,39,45)/t21-,29?/m1/s1. The van der Waals surface area contributed by atoms with Crippen LogP contribution in [0, 0.1) is 5.82 Å². The molecule has 9 nitrogen and oxygen atoms in total. The normalized spacial score (nSPS) is 18.0. The summed E-state index contributed by atoms with van der Waals surface area (Å²) in [6.45, 7) is 2.65. The first-order valence-corrected chi connectivity index (χ1v) is 16.1. The lowest BCUT2D eigenvalue weighted by Gasteiger charge is -2.31. The van der Waals surface area contributed by atoms with Crippen LogP contribution >= 0.6 is 23.2 Å². The van der Waals surface area contributed by atoms with E-state index < -0.39 is 5.82 Å². The van der Waals surface area contributed by atoms with Crippen LogP contribution in [0.4, 0.5) is 10.1 Å². The Morgan fingerprint density at radius 1 is 1.07 bits per heavy atom. The Hall–Kier alpha value is -3.51. The molecule has 242 valence electrons. The Bertz CT molecular complexity index is 1750. The SMILES string of the molecule is COc1cc(-c2cccc(-c3cccc(NC(=O)c4cc5n(n4)CCCC5N4CC[C@@H](O)C4)c3Cl)c2Cl)cc(F)c1CNCCO. The number of fused-ring (bicyclic) bond motifs is 1. The minimum atomic E-state index is -0.464. The Kier molecular flexibility index (Phi) is 9.93. The van der Waals surface area contributed by atoms with Crippen LogP contribution in [0.5, 0.6) is 5.75 Å². The van der Waals surface area contributed by atoms with Gasteiger partial charge in [-0.25, -0.2) is 4.39 Å². The highest BCUT2D eigenvalue weighted by molar-refractivity contribution is 6.39. The van der Waals surface area contributed by atoms with Crippen molar-refractivity contribution < 1.29 is 24.1 Å². The van der Waals surface area contributed by atoms with E-state index in [1.54, 1.807) is 24.3 Å². The third-order valence-electron chi connectivity index (χ3n) is 8.68. The molecule has 0 saturated carbocycles. The highest BCUT2D eigenvalue weighted by Gasteiger charge is 2.33. The average Bonchev–Trinajstić information content (AvgIpc) is 3.69. The van der Waals surface area contributed by atoms with Gasteiger partial charge in [-0.15, -0.1) is 0 Å². The number of nitrogens with one attached hydrogen (secondary N) is 2. The molecule has 0 radical (unpaired) electrons. The zero-order valence-electron chi connectivity index (χ0n) is 25.4. The van der Waals surface area contributed by atoms with Crippen molar-refractivity contribution in [2.24, 2.45) is 0 Å². The van der Waals surface area contributed by atoms with E-state index >= 15 is 4.39 Å². The van der Waals surface area contributed by atoms with Gasteiger partial charge in [-0.05, 0) is 49.1 Å². The molecule has 2 aliphatic heterocycles. The van der Waals surface area contributed by atoms with E-state index in [0.717, 1.165) is 38.0 Å². The van der Waals surface area contributed by atoms with Crippen LogP contribution in [0.15, 0.2) is 54.6 Å². The van der Waals surface area contributed by atoms with Gasteiger partial charge in [0.25, 0.3) is 5.91 Å². The number of aliphatic hydroxyl groups excluding tert-OH is 2. The van der Waals surface area contributed by atoms with Crippen LogP contribution in [-0.2, 0) is 13.1 Å². The highest BCUT2D eigenvalue weighted by Crippen LogP contribution is 2.43. The number of rotatable bonds is 10. The van der Waals surface area contributed by atoms with Crippen molar-refractivity contribution in [1.82, 2.24) is 20.0 Å². The number of amides is 1. The molecule has 0 spiro atoms. The number of halogens is 3. The monoisotopic (exact) mass is 667 g/mol. The van der Waals surface area contributed by atoms with Crippen molar-refractivity contribution in [2.75, 3.05) is 38.7 Å². The van der Waals surface area contributed by atoms with E-state index in [2.05, 4.69) is 20.6 Å². The van der Waals surface area contributed by atoms with E-state index in [1.807, 2.05) is 28.9 Å². The summed E-state index contributed by atoms with van der Waals surface area (Å²) in [5.41, 5.74) is 4.36. The fraction of sp³-hybridized carbons (Fsp3) is 0.353. The number of methoxy groups -OCH3 is 1. The Morgan fingerprint density at radius 2 is 1.83 bits per heavy atom. The summed E-state index contributed by atoms with van der Waals surface area (Å²) in [6.07, 6.45) is 2.34. The summed E-state index contributed by atoms with van der Waals surface area (Å²) < 4.78 is 22.6. The number of anilines is 1. The average molecular weight is 669 g/mol. The van der Waals surface area contributed by atoms with Crippen LogP contribution in [-0.4, -0.2) is 70.3 Å². The largest absolute Gasteiger partial charge is 0.496 e. The van der Waals surface area contributed by atoms with E-state index in [-0.39, 0.29) is 31.2 Å². The molecule has 1 amide bonds. The van der Waals surface area contributed by atoms with E-state index in [9.17, 15) is 9.90 Å². The van der Waals surface area contributed by atoms with Crippen LogP contribution in [0.2, 0.25) is 10.0 Å². The second kappa shape index (κ2) is 14.1. The third-order valence-corrected chi connectivity index (χ3v) is 9.49. The number of carbonyl (C=O) groups is 1. The number of hydrogen-bond donors (Lipinski definition) is 4. The molecule has 1 unspecified atom stereocenters. The zero-order valence-corrected chi connectivity index (χ0v) is 26.9. The molecule has 0 aliphatic carbocycles. The van der Waals surface area contributed by atoms with Crippen molar-refractivity contribution in [1.29, 1.82) is 0 Å². The fourth-order valence-electron chi connectivity index (χ4n) is 6.39. The first kappa shape index (κ1) is 32.4. The molecule has 4 aromatic rings. The van der Waals surface area contributed by atoms with E-state index in [4.69, 9.17) is 33.0 Å². The molecule has 1 saturated heterocycles. The van der Waals surface area contributed by atoms with Crippen LogP contribution in [0.3, 0.4) is 0 Å². The zero-order chi connectivity index (χ0) is 32.4. The molecule has 46 heavy (non-hydrogen) atoms. The predicted molar refractivity (Wildman–Crippen MR) is 177 cm³/mol. The van der Waals surface area contributed by atoms with Gasteiger partial charge in [0.15, 0.2) is 5.69 Å². The summed E-state index contributed by atoms with van der Waals surface area (Å²) in [5.74, 6) is -0.485. The number of benzene rings is 3. The second-order valence-electron chi connectivity index (χ2n) is 11.6. The van der Waals surface area contributed by atoms with Gasteiger partial charge in [-0.3, -0.25) is 14.4 Å². The van der Waals surface area contributed by atoms with Gasteiger partial charge < -0.3 is 25.6 Å². The lowest BCUT2D eigenvalue weighted by atomic mass is 9.97. The maximum absolute atomic E-state index is 15.2. The Balaban J connectivity index is 1.26. The van der Waals surface area contributed by atoms with Crippen LogP contribution in [0.1, 0.15) is 47.1 Å². The van der Waals surface area contributed by atoms with Crippen molar-refractivity contribution >= 4 is 34.8 Å². The summed E-state index contributed by atoms with van der Waals surface area (Å²) in [6, 6.07) is 15.8. The van der Waals surface area contributed by atoms with Gasteiger partial charge >= 0.3 is 0 Å². The number of nitrogens with zero attached hydrogens (tertiary/aromatic N) is 3. The first-order chi connectivity index (χ1) is 22.3. The van der Waals surface area contributed by atoms with Gasteiger partial charge in [0, 0.05) is 55.0 Å². The van der Waals surface area contributed by atoms with Crippen molar-refractivity contribution in [3.8, 4) is 28.0 Å². The summed E-state index contributed by atoms with van der Waals surface area (Å²) >= 11 is 13.8. The number of likely N-dealkylation sites (tertiary alicyclic amines) is 1. The van der Waals surface area contributed by atoms with Gasteiger partial charge in [0.05, 0.1) is 47.3 Å². The Labute approximate surface area is 276 Å². The van der Waals surface area contributed by atoms with Gasteiger partial charge in [-0.2, -0.15) is 5.10 Å². The van der Waals surface area contributed by atoms with Gasteiger partial charge in [0.2, 0.25) is 0 Å². The molecule has 2 atom stereocenters. The molecule has 1 fully saturated rings. The molecule has 12 heteroatoms. The number of ether oxygens (including phenoxy) is 1. The van der Waals surface area contributed by atoms with Crippen LogP contribution < -0.4 is 15.4 Å². The van der Waals surface area contributed by atoms with E-state index in [1.165, 1.54) is 13.2 Å². The second-order valence-corrected chi connectivity index (χ2v) is 12.4. The van der Waals surface area contributed by atoms with Gasteiger partial charge in [0.1, 0.15) is 11.6 Å². The summed E-state index contributed by atoms with van der Waals surface area (Å²) in [4.78, 5) is 15.7. The minimum Gasteiger partial charge on any atom is -0.496 e. The maximum Gasteiger partial charge on any atom is 0.276 e. The molecule has 3 heterocycles. The number of aryl methyl sites for hydroxylation is 1. The number of hydrogen-bond acceptors (Lipinski definition) is 7. The van der Waals surface area contributed by atoms with Crippen LogP contribution in [0.25, 0.3) is 22.3 Å². The molecular formula is C34H36Cl2FN5O4. The Morgan fingerprint density at radius 3 is 2.57 bits per heavy atom. The predicted octanol–water partition coefficient (Wildman–Crippen LogP) is 5.91. The lowest BCUT2D eigenvalue weighted by Crippen LogP contribution is -2.32. The third kappa shape index (κ3) is 6.51. The fourth-order valence-corrected chi connectivity index (χ4v) is 7.00. The maximum atomic E-state index is 15.2. The molecule has 3 aromatic carbocycles. The quantitative estimate of drug-likeness (QED) is 0.156. The van der Waals surface area contributed by atoms with Gasteiger partial charge in [-0.1, -0.05) is 53.5 Å². The molecule has 4 N–H and O–H groups in total. The molecule has 1 aromatic heterocycles. The molecule has 2 aliphatic rings. The van der Waals surface area contributed by atoms with E-state index in [0.29, 0.717) is 68.1 Å². The summed E-state index contributed by atoms with van der Waals surface area (Å²) in [5, 5.41) is 30.3. The number of aliphatic hydroxyl groups is 2. The minimum absolute atomic E-state index is 0.0606. The molecular weight excluding hydrogens is 632 g/mol. The first-order valence-electron chi connectivity index (χ1n) is 15.4. The highest BCUT2D eigenvalue weighted by atomic mass is 35.5. The molecule has 6 rings (SSSR count). The van der Waals surface area contributed by atoms with Crippen molar-refractivity contribution in [3.63, 3.8) is 0 Å². The lowest BCUT2D eigenvalue weighted by molar-refractivity contribution is 0.102. The topological polar surface area (TPSA) is 112 Å². The van der Waals surface area contributed by atoms with Crippen molar-refractivity contribution in [2.45, 2.75) is 44.5 Å². The number of aromatic nitrogens is 2. The number of carbonyl (C=O) groups excluding carboxylic acids is 1. The summed E-state index contributed by atoms with van der Waals surface area (Å²) in [7, 11) is 1.47.